The van der Waals surface area contributed by atoms with Gasteiger partial charge in [-0.05, 0) is 29.8 Å². The number of rotatable bonds is 8. The molecule has 0 saturated carbocycles. The molecule has 0 aliphatic carbocycles. The highest BCUT2D eigenvalue weighted by Gasteiger charge is 2.27. The molecule has 4 nitrogen and oxygen atoms in total. The number of para-hydroxylation sites is 2. The first-order valence-electron chi connectivity index (χ1n) is 8.06. The third-order valence-electron chi connectivity index (χ3n) is 3.45. The van der Waals surface area contributed by atoms with Crippen LogP contribution in [0.3, 0.4) is 0 Å². The fourth-order valence-electron chi connectivity index (χ4n) is 2.30. The molecule has 0 amide bonds. The van der Waals surface area contributed by atoms with E-state index in [9.17, 15) is 4.57 Å². The lowest BCUT2D eigenvalue weighted by Gasteiger charge is -2.20. The van der Waals surface area contributed by atoms with Crippen LogP contribution in [0.15, 0.2) is 91.0 Å². The van der Waals surface area contributed by atoms with Crippen molar-refractivity contribution in [3.8, 4) is 11.5 Å². The minimum Gasteiger partial charge on any atom is -0.415 e. The Morgan fingerprint density at radius 3 is 1.58 bits per heavy atom. The van der Waals surface area contributed by atoms with E-state index in [0.29, 0.717) is 18.0 Å². The number of hydrogen-bond acceptors (Lipinski definition) is 4. The van der Waals surface area contributed by atoms with Gasteiger partial charge >= 0.3 is 7.60 Å². The molecule has 0 fully saturated rings. The van der Waals surface area contributed by atoms with Crippen LogP contribution in [-0.2, 0) is 11.1 Å². The summed E-state index contributed by atoms with van der Waals surface area (Å²) in [5, 5.41) is 3.17. The minimum absolute atomic E-state index is 0. The van der Waals surface area contributed by atoms with E-state index in [1.165, 1.54) is 0 Å². The normalized spacial score (nSPS) is 10.6. The Morgan fingerprint density at radius 1 is 0.692 bits per heavy atom. The lowest BCUT2D eigenvalue weighted by Crippen LogP contribution is -2.19. The number of nitrogens with one attached hydrogen (secondary N) is 1. The molecule has 3 rings (SSSR count). The zero-order valence-corrected chi connectivity index (χ0v) is 15.9. The molecule has 0 spiro atoms. The maximum Gasteiger partial charge on any atom is 0.444 e. The van der Waals surface area contributed by atoms with Crippen molar-refractivity contribution in [1.82, 2.24) is 5.32 Å². The van der Waals surface area contributed by atoms with Crippen molar-refractivity contribution in [2.45, 2.75) is 6.54 Å². The highest BCUT2D eigenvalue weighted by Crippen LogP contribution is 2.47. The summed E-state index contributed by atoms with van der Waals surface area (Å²) >= 11 is 0. The Bertz CT molecular complexity index is 771. The van der Waals surface area contributed by atoms with Crippen molar-refractivity contribution < 1.29 is 13.6 Å². The van der Waals surface area contributed by atoms with Crippen molar-refractivity contribution in [3.05, 3.63) is 96.6 Å². The van der Waals surface area contributed by atoms with Gasteiger partial charge in [-0.15, -0.1) is 12.4 Å². The van der Waals surface area contributed by atoms with Crippen LogP contribution in [0.4, 0.5) is 0 Å². The van der Waals surface area contributed by atoms with Gasteiger partial charge in [-0.3, -0.25) is 0 Å². The van der Waals surface area contributed by atoms with E-state index in [-0.39, 0.29) is 18.7 Å². The van der Waals surface area contributed by atoms with E-state index in [1.54, 1.807) is 24.3 Å². The van der Waals surface area contributed by atoms with Gasteiger partial charge in [0, 0.05) is 6.54 Å². The van der Waals surface area contributed by atoms with Gasteiger partial charge in [0.15, 0.2) is 0 Å². The standard InChI is InChI=1S/C20H20NO3P.ClH/c22-25(23-19-12-6-2-7-13-19,24-20-14-8-3-9-15-20)17-21-16-18-10-4-1-5-11-18;/h1-15,21H,16-17H2;1H. The van der Waals surface area contributed by atoms with E-state index in [1.807, 2.05) is 66.7 Å². The molecule has 3 aromatic rings. The van der Waals surface area contributed by atoms with Gasteiger partial charge in [0.2, 0.25) is 0 Å². The monoisotopic (exact) mass is 389 g/mol. The van der Waals surface area contributed by atoms with Gasteiger partial charge in [-0.25, -0.2) is 4.57 Å². The predicted octanol–water partition coefficient (Wildman–Crippen LogP) is 5.51. The fraction of sp³-hybridized carbons (Fsp3) is 0.100. The largest absolute Gasteiger partial charge is 0.444 e. The number of halogens is 1. The summed E-state index contributed by atoms with van der Waals surface area (Å²) in [7, 11) is -3.41. The molecule has 6 heteroatoms. The summed E-state index contributed by atoms with van der Waals surface area (Å²) in [5.74, 6) is 1.03. The van der Waals surface area contributed by atoms with Gasteiger partial charge in [-0.1, -0.05) is 66.7 Å². The van der Waals surface area contributed by atoms with Crippen molar-refractivity contribution in [1.29, 1.82) is 0 Å². The average molecular weight is 390 g/mol. The molecular weight excluding hydrogens is 369 g/mol. The molecule has 0 unspecified atom stereocenters. The molecular formula is C20H21ClNO3P. The van der Waals surface area contributed by atoms with Crippen molar-refractivity contribution >= 4 is 20.0 Å². The lowest BCUT2D eigenvalue weighted by molar-refractivity contribution is 0.380. The zero-order chi connectivity index (χ0) is 17.4. The molecule has 0 bridgehead atoms. The van der Waals surface area contributed by atoms with E-state index >= 15 is 0 Å². The first kappa shape index (κ1) is 20.1. The summed E-state index contributed by atoms with van der Waals surface area (Å²) < 4.78 is 24.7. The second-order valence-corrected chi connectivity index (χ2v) is 7.39. The van der Waals surface area contributed by atoms with E-state index in [2.05, 4.69) is 5.32 Å². The smallest absolute Gasteiger partial charge is 0.415 e. The Morgan fingerprint density at radius 2 is 1.12 bits per heavy atom. The van der Waals surface area contributed by atoms with E-state index in [4.69, 9.17) is 9.05 Å². The summed E-state index contributed by atoms with van der Waals surface area (Å²) in [6.07, 6.45) is 0.103. The first-order chi connectivity index (χ1) is 12.2. The minimum atomic E-state index is -3.41. The van der Waals surface area contributed by atoms with Gasteiger partial charge in [-0.2, -0.15) is 0 Å². The second kappa shape index (κ2) is 10.0. The molecule has 136 valence electrons. The molecule has 0 heterocycles. The average Bonchev–Trinajstić information content (AvgIpc) is 2.64. The molecule has 0 radical (unpaired) electrons. The Kier molecular flexibility index (Phi) is 7.73. The maximum atomic E-state index is 13.2. The lowest BCUT2D eigenvalue weighted by atomic mass is 10.2. The van der Waals surface area contributed by atoms with Gasteiger partial charge in [0.05, 0.1) is 0 Å². The number of benzene rings is 3. The Labute approximate surface area is 160 Å². The van der Waals surface area contributed by atoms with Gasteiger partial charge in [0.1, 0.15) is 17.8 Å². The summed E-state index contributed by atoms with van der Waals surface area (Å²) in [4.78, 5) is 0. The zero-order valence-electron chi connectivity index (χ0n) is 14.2. The quantitative estimate of drug-likeness (QED) is 0.516. The third-order valence-corrected chi connectivity index (χ3v) is 5.04. The fourth-order valence-corrected chi connectivity index (χ4v) is 3.74. The highest BCUT2D eigenvalue weighted by atomic mass is 35.5. The van der Waals surface area contributed by atoms with Crippen LogP contribution in [0.2, 0.25) is 0 Å². The third kappa shape index (κ3) is 6.23. The molecule has 26 heavy (non-hydrogen) atoms. The van der Waals surface area contributed by atoms with Crippen LogP contribution < -0.4 is 14.4 Å². The molecule has 0 atom stereocenters. The molecule has 1 N–H and O–H groups in total. The summed E-state index contributed by atoms with van der Waals surface area (Å²) in [6, 6.07) is 28.1. The molecule has 0 aromatic heterocycles. The second-order valence-electron chi connectivity index (χ2n) is 5.49. The van der Waals surface area contributed by atoms with Crippen LogP contribution >= 0.6 is 20.0 Å². The predicted molar refractivity (Wildman–Crippen MR) is 107 cm³/mol. The van der Waals surface area contributed by atoms with Crippen LogP contribution in [0.1, 0.15) is 5.56 Å². The SMILES string of the molecule is Cl.O=P(CNCc1ccccc1)(Oc1ccccc1)Oc1ccccc1. The first-order valence-corrected chi connectivity index (χ1v) is 9.79. The molecule has 0 aliphatic heterocycles. The van der Waals surface area contributed by atoms with Crippen molar-refractivity contribution in [2.24, 2.45) is 0 Å². The molecule has 0 saturated heterocycles. The van der Waals surface area contributed by atoms with Gasteiger partial charge < -0.3 is 14.4 Å². The molecule has 3 aromatic carbocycles. The van der Waals surface area contributed by atoms with Crippen molar-refractivity contribution in [3.63, 3.8) is 0 Å². The van der Waals surface area contributed by atoms with E-state index in [0.717, 1.165) is 5.56 Å². The van der Waals surface area contributed by atoms with Crippen LogP contribution in [-0.4, -0.2) is 6.29 Å². The topological polar surface area (TPSA) is 47.6 Å². The van der Waals surface area contributed by atoms with E-state index < -0.39 is 7.60 Å². The van der Waals surface area contributed by atoms with Crippen LogP contribution in [0.25, 0.3) is 0 Å². The maximum absolute atomic E-state index is 13.2. The van der Waals surface area contributed by atoms with Gasteiger partial charge in [0.25, 0.3) is 0 Å². The van der Waals surface area contributed by atoms with Crippen LogP contribution in [0, 0.1) is 0 Å². The number of hydrogen-bond donors (Lipinski definition) is 1. The summed E-state index contributed by atoms with van der Waals surface area (Å²) in [6.45, 7) is 0.584. The molecule has 0 aliphatic rings. The Balaban J connectivity index is 0.00000243. The Hall–Kier alpha value is -2.26. The highest BCUT2D eigenvalue weighted by molar-refractivity contribution is 7.54. The summed E-state index contributed by atoms with van der Waals surface area (Å²) in [5.41, 5.74) is 1.11. The van der Waals surface area contributed by atoms with Crippen LogP contribution in [0.5, 0.6) is 11.5 Å². The van der Waals surface area contributed by atoms with Crippen molar-refractivity contribution in [2.75, 3.05) is 6.29 Å².